The summed E-state index contributed by atoms with van der Waals surface area (Å²) in [5.41, 5.74) is 0.287. The normalized spacial score (nSPS) is 15.5. The highest BCUT2D eigenvalue weighted by atomic mass is 32.2. The monoisotopic (exact) mass is 486 g/mol. The number of para-hydroxylation sites is 1. The van der Waals surface area contributed by atoms with Crippen molar-refractivity contribution >= 4 is 25.7 Å². The molecule has 0 amide bonds. The number of nitrogens with zero attached hydrogens (tertiary/aromatic N) is 1. The Morgan fingerprint density at radius 1 is 0.636 bits per heavy atom. The van der Waals surface area contributed by atoms with Crippen LogP contribution in [0.5, 0.6) is 11.5 Å². The Balaban J connectivity index is 1.44. The fourth-order valence-corrected chi connectivity index (χ4v) is 6.23. The summed E-state index contributed by atoms with van der Waals surface area (Å²) in [6, 6.07) is 21.1. The minimum atomic E-state index is -3.84. The molecular weight excluding hydrogens is 460 g/mol. The highest BCUT2D eigenvalue weighted by Gasteiger charge is 2.25. The molecule has 0 aromatic heterocycles. The average Bonchev–Trinajstić information content (AvgIpc) is 3.11. The van der Waals surface area contributed by atoms with Gasteiger partial charge in [0, 0.05) is 18.8 Å². The Hall–Kier alpha value is -2.88. The van der Waals surface area contributed by atoms with Crippen LogP contribution in [-0.2, 0) is 20.0 Å². The topological polar surface area (TPSA) is 92.8 Å². The predicted molar refractivity (Wildman–Crippen MR) is 127 cm³/mol. The first-order chi connectivity index (χ1) is 15.8. The van der Waals surface area contributed by atoms with Crippen molar-refractivity contribution in [2.24, 2.45) is 0 Å². The minimum absolute atomic E-state index is 0.0733. The van der Waals surface area contributed by atoms with Gasteiger partial charge in [0.05, 0.1) is 9.79 Å². The van der Waals surface area contributed by atoms with Gasteiger partial charge in [-0.1, -0.05) is 31.0 Å². The molecular formula is C24H26N2O5S2. The fourth-order valence-electron chi connectivity index (χ4n) is 3.65. The minimum Gasteiger partial charge on any atom is -0.457 e. The Labute approximate surface area is 195 Å². The standard InChI is InChI=1S/C24H26N2O5S2/c27-32(28,23-16-12-22(13-17-23)31-21-8-4-3-5-9-21)25-20-10-14-24(15-11-20)33(29,30)26-18-6-1-2-7-19-26/h3-5,8-17,25H,1-2,6-7,18-19H2. The van der Waals surface area contributed by atoms with Crippen molar-refractivity contribution in [1.29, 1.82) is 0 Å². The lowest BCUT2D eigenvalue weighted by Crippen LogP contribution is -2.31. The molecule has 1 aliphatic rings. The maximum absolute atomic E-state index is 12.9. The molecule has 1 heterocycles. The van der Waals surface area contributed by atoms with E-state index in [1.165, 1.54) is 40.7 Å². The molecule has 3 aromatic carbocycles. The van der Waals surface area contributed by atoms with Gasteiger partial charge in [0.25, 0.3) is 10.0 Å². The number of nitrogens with one attached hydrogen (secondary N) is 1. The highest BCUT2D eigenvalue weighted by Crippen LogP contribution is 2.25. The number of benzene rings is 3. The van der Waals surface area contributed by atoms with E-state index in [1.54, 1.807) is 12.1 Å². The molecule has 1 N–H and O–H groups in total. The van der Waals surface area contributed by atoms with Crippen LogP contribution in [0.1, 0.15) is 25.7 Å². The lowest BCUT2D eigenvalue weighted by atomic mass is 10.2. The number of hydrogen-bond acceptors (Lipinski definition) is 5. The number of hydrogen-bond donors (Lipinski definition) is 1. The quantitative estimate of drug-likeness (QED) is 0.516. The lowest BCUT2D eigenvalue weighted by molar-refractivity contribution is 0.424. The molecule has 1 fully saturated rings. The van der Waals surface area contributed by atoms with E-state index in [-0.39, 0.29) is 15.5 Å². The number of sulfonamides is 2. The largest absolute Gasteiger partial charge is 0.457 e. The van der Waals surface area contributed by atoms with Crippen molar-refractivity contribution in [3.63, 3.8) is 0 Å². The van der Waals surface area contributed by atoms with Crippen molar-refractivity contribution in [3.05, 3.63) is 78.9 Å². The summed E-state index contributed by atoms with van der Waals surface area (Å²) in [6.07, 6.45) is 3.77. The van der Waals surface area contributed by atoms with Gasteiger partial charge in [-0.05, 0) is 73.5 Å². The van der Waals surface area contributed by atoms with Gasteiger partial charge in [0.1, 0.15) is 11.5 Å². The summed E-state index contributed by atoms with van der Waals surface area (Å²) in [5.74, 6) is 1.17. The zero-order valence-corrected chi connectivity index (χ0v) is 19.7. The van der Waals surface area contributed by atoms with Crippen molar-refractivity contribution in [3.8, 4) is 11.5 Å². The summed E-state index contributed by atoms with van der Waals surface area (Å²) in [6.45, 7) is 1.03. The van der Waals surface area contributed by atoms with Crippen LogP contribution >= 0.6 is 0 Å². The van der Waals surface area contributed by atoms with Crippen LogP contribution in [0.4, 0.5) is 5.69 Å². The molecule has 0 radical (unpaired) electrons. The van der Waals surface area contributed by atoms with Gasteiger partial charge in [-0.3, -0.25) is 4.72 Å². The van der Waals surface area contributed by atoms with E-state index in [4.69, 9.17) is 4.74 Å². The molecule has 0 spiro atoms. The van der Waals surface area contributed by atoms with Crippen LogP contribution in [0.25, 0.3) is 0 Å². The van der Waals surface area contributed by atoms with Crippen molar-refractivity contribution in [1.82, 2.24) is 4.31 Å². The second kappa shape index (κ2) is 9.94. The highest BCUT2D eigenvalue weighted by molar-refractivity contribution is 7.92. The Bertz CT molecular complexity index is 1270. The summed E-state index contributed by atoms with van der Waals surface area (Å²) < 4.78 is 61.0. The summed E-state index contributed by atoms with van der Waals surface area (Å²) in [7, 11) is -7.43. The first-order valence-corrected chi connectivity index (χ1v) is 13.7. The van der Waals surface area contributed by atoms with Crippen molar-refractivity contribution in [2.75, 3.05) is 17.8 Å². The van der Waals surface area contributed by atoms with Crippen molar-refractivity contribution in [2.45, 2.75) is 35.5 Å². The Kier molecular flexibility index (Phi) is 7.02. The summed E-state index contributed by atoms with van der Waals surface area (Å²) in [4.78, 5) is 0.235. The van der Waals surface area contributed by atoms with Crippen LogP contribution in [0.15, 0.2) is 88.7 Å². The molecule has 3 aromatic rings. The van der Waals surface area contributed by atoms with Gasteiger partial charge in [0.2, 0.25) is 10.0 Å². The SMILES string of the molecule is O=S(=O)(Nc1ccc(S(=O)(=O)N2CCCCCC2)cc1)c1ccc(Oc2ccccc2)cc1. The second-order valence-electron chi connectivity index (χ2n) is 7.83. The van der Waals surface area contributed by atoms with Crippen LogP contribution in [0.2, 0.25) is 0 Å². The predicted octanol–water partition coefficient (Wildman–Crippen LogP) is 4.84. The zero-order valence-electron chi connectivity index (χ0n) is 18.1. The maximum atomic E-state index is 12.9. The van der Waals surface area contributed by atoms with E-state index in [2.05, 4.69) is 4.72 Å². The van der Waals surface area contributed by atoms with Crippen LogP contribution < -0.4 is 9.46 Å². The molecule has 4 rings (SSSR count). The molecule has 0 saturated carbocycles. The van der Waals surface area contributed by atoms with E-state index >= 15 is 0 Å². The third-order valence-electron chi connectivity index (χ3n) is 5.42. The van der Waals surface area contributed by atoms with Gasteiger partial charge in [-0.25, -0.2) is 16.8 Å². The zero-order chi connectivity index (χ0) is 23.3. The van der Waals surface area contributed by atoms with E-state index in [0.29, 0.717) is 24.6 Å². The molecule has 1 aliphatic heterocycles. The molecule has 33 heavy (non-hydrogen) atoms. The van der Waals surface area contributed by atoms with E-state index in [9.17, 15) is 16.8 Å². The van der Waals surface area contributed by atoms with E-state index in [0.717, 1.165) is 25.7 Å². The van der Waals surface area contributed by atoms with Crippen LogP contribution in [0.3, 0.4) is 0 Å². The third kappa shape index (κ3) is 5.73. The molecule has 0 bridgehead atoms. The van der Waals surface area contributed by atoms with Crippen LogP contribution in [0, 0.1) is 0 Å². The molecule has 174 valence electrons. The lowest BCUT2D eigenvalue weighted by Gasteiger charge is -2.20. The van der Waals surface area contributed by atoms with Gasteiger partial charge in [-0.2, -0.15) is 4.31 Å². The maximum Gasteiger partial charge on any atom is 0.261 e. The van der Waals surface area contributed by atoms with Crippen molar-refractivity contribution < 1.29 is 21.6 Å². The van der Waals surface area contributed by atoms with E-state index in [1.807, 2.05) is 30.3 Å². The van der Waals surface area contributed by atoms with Gasteiger partial charge >= 0.3 is 0 Å². The molecule has 1 saturated heterocycles. The van der Waals surface area contributed by atoms with Gasteiger partial charge in [0.15, 0.2) is 0 Å². The average molecular weight is 487 g/mol. The van der Waals surface area contributed by atoms with Gasteiger partial charge in [-0.15, -0.1) is 0 Å². The number of anilines is 1. The van der Waals surface area contributed by atoms with E-state index < -0.39 is 20.0 Å². The molecule has 7 nitrogen and oxygen atoms in total. The Morgan fingerprint density at radius 3 is 1.79 bits per heavy atom. The fraction of sp³-hybridized carbons (Fsp3) is 0.250. The molecule has 0 unspecified atom stereocenters. The first kappa shape index (κ1) is 23.3. The number of ether oxygens (including phenoxy) is 1. The Morgan fingerprint density at radius 2 is 1.18 bits per heavy atom. The summed E-state index contributed by atoms with van der Waals surface area (Å²) in [5, 5.41) is 0. The van der Waals surface area contributed by atoms with Gasteiger partial charge < -0.3 is 4.74 Å². The molecule has 0 atom stereocenters. The second-order valence-corrected chi connectivity index (χ2v) is 11.5. The van der Waals surface area contributed by atoms with Crippen LogP contribution in [-0.4, -0.2) is 34.2 Å². The number of rotatable bonds is 7. The molecule has 9 heteroatoms. The summed E-state index contributed by atoms with van der Waals surface area (Å²) >= 11 is 0. The first-order valence-electron chi connectivity index (χ1n) is 10.8. The molecule has 0 aliphatic carbocycles. The smallest absolute Gasteiger partial charge is 0.261 e. The third-order valence-corrected chi connectivity index (χ3v) is 8.73.